The summed E-state index contributed by atoms with van der Waals surface area (Å²) in [6, 6.07) is 4.45. The molecule has 0 spiro atoms. The molecule has 0 aliphatic carbocycles. The molecule has 0 aliphatic heterocycles. The predicted octanol–water partition coefficient (Wildman–Crippen LogP) is 2.35. The Morgan fingerprint density at radius 3 is 2.69 bits per heavy atom. The van der Waals surface area contributed by atoms with E-state index in [4.69, 9.17) is 4.42 Å². The zero-order chi connectivity index (χ0) is 12.2. The average Bonchev–Trinajstić information content (AvgIpc) is 2.67. The van der Waals surface area contributed by atoms with Gasteiger partial charge in [0.25, 0.3) is 0 Å². The molecule has 3 heteroatoms. The maximum atomic E-state index is 5.35. The third-order valence-corrected chi connectivity index (χ3v) is 3.29. The van der Waals surface area contributed by atoms with Crippen LogP contribution in [-0.4, -0.2) is 31.6 Å². The first kappa shape index (κ1) is 13.3. The van der Waals surface area contributed by atoms with Crippen LogP contribution >= 0.6 is 0 Å². The monoisotopic (exact) mass is 224 g/mol. The Balaban J connectivity index is 2.47. The summed E-state index contributed by atoms with van der Waals surface area (Å²) in [5.74, 6) is 1.02. The third-order valence-electron chi connectivity index (χ3n) is 3.29. The molecule has 1 atom stereocenters. The highest BCUT2D eigenvalue weighted by Gasteiger charge is 2.26. The van der Waals surface area contributed by atoms with E-state index in [2.05, 4.69) is 38.0 Å². The summed E-state index contributed by atoms with van der Waals surface area (Å²) in [4.78, 5) is 2.30. The van der Waals surface area contributed by atoms with Gasteiger partial charge in [-0.05, 0) is 38.6 Å². The van der Waals surface area contributed by atoms with E-state index in [1.807, 2.05) is 19.2 Å². The number of nitrogens with zero attached hydrogens (tertiary/aromatic N) is 1. The molecule has 0 aromatic carbocycles. The van der Waals surface area contributed by atoms with Crippen LogP contribution in [0.15, 0.2) is 22.8 Å². The molecule has 1 heterocycles. The molecule has 0 amide bonds. The summed E-state index contributed by atoms with van der Waals surface area (Å²) < 4.78 is 5.35. The number of furan rings is 1. The van der Waals surface area contributed by atoms with Gasteiger partial charge in [-0.3, -0.25) is 4.90 Å². The number of rotatable bonds is 6. The van der Waals surface area contributed by atoms with E-state index in [0.717, 1.165) is 18.8 Å². The summed E-state index contributed by atoms with van der Waals surface area (Å²) in [5.41, 5.74) is 0.246. The van der Waals surface area contributed by atoms with E-state index in [1.54, 1.807) is 6.26 Å². The molecule has 0 bridgehead atoms. The molecule has 1 rings (SSSR count). The van der Waals surface area contributed by atoms with Gasteiger partial charge in [0.15, 0.2) is 0 Å². The van der Waals surface area contributed by atoms with Crippen molar-refractivity contribution in [3.8, 4) is 0 Å². The lowest BCUT2D eigenvalue weighted by Gasteiger charge is -2.35. The van der Waals surface area contributed by atoms with Crippen LogP contribution in [0.3, 0.4) is 0 Å². The van der Waals surface area contributed by atoms with Crippen LogP contribution in [0.5, 0.6) is 0 Å². The Hall–Kier alpha value is -0.800. The minimum atomic E-state index is 0.246. The summed E-state index contributed by atoms with van der Waals surface area (Å²) in [6.07, 6.45) is 1.73. The second kappa shape index (κ2) is 5.51. The zero-order valence-electron chi connectivity index (χ0n) is 11.1. The van der Waals surface area contributed by atoms with Crippen LogP contribution in [0.4, 0.5) is 0 Å². The van der Waals surface area contributed by atoms with Gasteiger partial charge in [-0.15, -0.1) is 0 Å². The van der Waals surface area contributed by atoms with Crippen molar-refractivity contribution in [2.24, 2.45) is 5.41 Å². The molecule has 0 fully saturated rings. The minimum absolute atomic E-state index is 0.246. The van der Waals surface area contributed by atoms with Gasteiger partial charge in [0.2, 0.25) is 0 Å². The van der Waals surface area contributed by atoms with Crippen molar-refractivity contribution < 1.29 is 4.42 Å². The molecule has 0 saturated heterocycles. The van der Waals surface area contributed by atoms with Gasteiger partial charge in [0, 0.05) is 12.6 Å². The molecule has 1 aromatic rings. The van der Waals surface area contributed by atoms with E-state index >= 15 is 0 Å². The van der Waals surface area contributed by atoms with Crippen molar-refractivity contribution in [2.75, 3.05) is 20.6 Å². The lowest BCUT2D eigenvalue weighted by atomic mass is 9.85. The van der Waals surface area contributed by atoms with Gasteiger partial charge in [0.1, 0.15) is 5.76 Å². The lowest BCUT2D eigenvalue weighted by Crippen LogP contribution is -2.44. The molecule has 0 saturated carbocycles. The predicted molar refractivity (Wildman–Crippen MR) is 67.3 cm³/mol. The molecular weight excluding hydrogens is 200 g/mol. The smallest absolute Gasteiger partial charge is 0.117 e. The largest absolute Gasteiger partial charge is 0.468 e. The van der Waals surface area contributed by atoms with Crippen LogP contribution in [0.1, 0.15) is 26.5 Å². The van der Waals surface area contributed by atoms with Crippen LogP contribution in [0.2, 0.25) is 0 Å². The van der Waals surface area contributed by atoms with Gasteiger partial charge in [0.05, 0.1) is 12.8 Å². The van der Waals surface area contributed by atoms with Crippen LogP contribution in [-0.2, 0) is 6.54 Å². The van der Waals surface area contributed by atoms with E-state index in [9.17, 15) is 0 Å². The minimum Gasteiger partial charge on any atom is -0.468 e. The zero-order valence-corrected chi connectivity index (χ0v) is 11.1. The normalized spacial score (nSPS) is 14.4. The Morgan fingerprint density at radius 2 is 2.19 bits per heavy atom. The highest BCUT2D eigenvalue weighted by Crippen LogP contribution is 2.22. The molecule has 1 unspecified atom stereocenters. The Labute approximate surface area is 98.8 Å². The molecular formula is C13H24N2O. The highest BCUT2D eigenvalue weighted by atomic mass is 16.3. The fourth-order valence-electron chi connectivity index (χ4n) is 1.95. The van der Waals surface area contributed by atoms with E-state index in [1.165, 1.54) is 0 Å². The quantitative estimate of drug-likeness (QED) is 0.804. The molecule has 1 aromatic heterocycles. The van der Waals surface area contributed by atoms with Crippen molar-refractivity contribution in [3.05, 3.63) is 24.2 Å². The Kier molecular flexibility index (Phi) is 4.56. The maximum absolute atomic E-state index is 5.35. The van der Waals surface area contributed by atoms with Crippen molar-refractivity contribution in [1.29, 1.82) is 0 Å². The number of nitrogens with one attached hydrogen (secondary N) is 1. The van der Waals surface area contributed by atoms with Crippen LogP contribution in [0, 0.1) is 5.41 Å². The second-order valence-electron chi connectivity index (χ2n) is 5.25. The molecule has 3 nitrogen and oxygen atoms in total. The topological polar surface area (TPSA) is 28.4 Å². The van der Waals surface area contributed by atoms with Gasteiger partial charge in [-0.2, -0.15) is 0 Å². The third kappa shape index (κ3) is 3.65. The van der Waals surface area contributed by atoms with Gasteiger partial charge in [-0.1, -0.05) is 13.8 Å². The van der Waals surface area contributed by atoms with Crippen molar-refractivity contribution in [1.82, 2.24) is 10.2 Å². The Morgan fingerprint density at radius 1 is 1.50 bits per heavy atom. The molecule has 0 aliphatic rings. The fourth-order valence-corrected chi connectivity index (χ4v) is 1.95. The summed E-state index contributed by atoms with van der Waals surface area (Å²) in [7, 11) is 4.14. The number of hydrogen-bond donors (Lipinski definition) is 1. The summed E-state index contributed by atoms with van der Waals surface area (Å²) in [6.45, 7) is 8.70. The van der Waals surface area contributed by atoms with Gasteiger partial charge in [-0.25, -0.2) is 0 Å². The first-order valence-corrected chi connectivity index (χ1v) is 5.84. The van der Waals surface area contributed by atoms with Crippen molar-refractivity contribution >= 4 is 0 Å². The average molecular weight is 224 g/mol. The Bertz CT molecular complexity index is 293. The maximum Gasteiger partial charge on any atom is 0.117 e. The first-order chi connectivity index (χ1) is 7.45. The molecule has 0 radical (unpaired) electrons. The van der Waals surface area contributed by atoms with Crippen molar-refractivity contribution in [2.45, 2.75) is 33.4 Å². The first-order valence-electron chi connectivity index (χ1n) is 5.84. The van der Waals surface area contributed by atoms with E-state index < -0.39 is 0 Å². The SMILES string of the molecule is CNC(C)C(C)(C)CN(C)Cc1ccco1. The summed E-state index contributed by atoms with van der Waals surface area (Å²) >= 11 is 0. The highest BCUT2D eigenvalue weighted by molar-refractivity contribution is 4.98. The number of hydrogen-bond acceptors (Lipinski definition) is 3. The van der Waals surface area contributed by atoms with Crippen LogP contribution in [0.25, 0.3) is 0 Å². The van der Waals surface area contributed by atoms with Gasteiger partial charge >= 0.3 is 0 Å². The molecule has 92 valence electrons. The van der Waals surface area contributed by atoms with Crippen LogP contribution < -0.4 is 5.32 Å². The molecule has 1 N–H and O–H groups in total. The van der Waals surface area contributed by atoms with Gasteiger partial charge < -0.3 is 9.73 Å². The van der Waals surface area contributed by atoms with E-state index in [-0.39, 0.29) is 5.41 Å². The van der Waals surface area contributed by atoms with Crippen molar-refractivity contribution in [3.63, 3.8) is 0 Å². The second-order valence-corrected chi connectivity index (χ2v) is 5.25. The fraction of sp³-hybridized carbons (Fsp3) is 0.692. The lowest BCUT2D eigenvalue weighted by molar-refractivity contribution is 0.157. The standard InChI is InChI=1S/C13H24N2O/c1-11(14-4)13(2,3)10-15(5)9-12-7-6-8-16-12/h6-8,11,14H,9-10H2,1-5H3. The summed E-state index contributed by atoms with van der Waals surface area (Å²) in [5, 5.41) is 3.32. The molecule has 16 heavy (non-hydrogen) atoms. The van der Waals surface area contributed by atoms with E-state index in [0.29, 0.717) is 6.04 Å².